The van der Waals surface area contributed by atoms with Gasteiger partial charge in [0.1, 0.15) is 0 Å². The molecule has 1 aromatic rings. The second-order valence-electron chi connectivity index (χ2n) is 4.32. The Morgan fingerprint density at radius 1 is 1.12 bits per heavy atom. The van der Waals surface area contributed by atoms with Crippen LogP contribution in [-0.4, -0.2) is 47.1 Å². The van der Waals surface area contributed by atoms with Crippen LogP contribution in [0.25, 0.3) is 0 Å². The summed E-state index contributed by atoms with van der Waals surface area (Å²) < 4.78 is 1.09. The fraction of sp³-hybridized carbons (Fsp3) is 0.636. The molecule has 5 heteroatoms. The van der Waals surface area contributed by atoms with E-state index in [9.17, 15) is 0 Å². The van der Waals surface area contributed by atoms with Gasteiger partial charge in [-0.3, -0.25) is 4.90 Å². The Balaban J connectivity index is 1.96. The van der Waals surface area contributed by atoms with Crippen molar-refractivity contribution in [3.8, 4) is 0 Å². The van der Waals surface area contributed by atoms with Crippen molar-refractivity contribution in [1.29, 1.82) is 0 Å². The fourth-order valence-corrected chi connectivity index (χ4v) is 2.19. The molecule has 88 valence electrons. The van der Waals surface area contributed by atoms with E-state index in [0.29, 0.717) is 6.04 Å². The standard InChI is InChI=1S/C11H17IN4/c1-9(2)15-3-5-16(6-4-15)11-13-7-10(12)8-14-11/h7-9H,3-6H2,1-2H3. The zero-order valence-corrected chi connectivity index (χ0v) is 11.9. The van der Waals surface area contributed by atoms with E-state index in [1.807, 2.05) is 12.4 Å². The Hall–Kier alpha value is -0.430. The average molecular weight is 332 g/mol. The first-order chi connectivity index (χ1) is 7.66. The number of aromatic nitrogens is 2. The maximum atomic E-state index is 4.36. The third-order valence-corrected chi connectivity index (χ3v) is 3.49. The van der Waals surface area contributed by atoms with Gasteiger partial charge in [0.15, 0.2) is 0 Å². The lowest BCUT2D eigenvalue weighted by Gasteiger charge is -2.36. The Labute approximate surface area is 110 Å². The third kappa shape index (κ3) is 2.82. The molecule has 1 aromatic heterocycles. The van der Waals surface area contributed by atoms with E-state index in [2.05, 4.69) is 56.2 Å². The molecule has 0 atom stereocenters. The molecule has 0 amide bonds. The summed E-state index contributed by atoms with van der Waals surface area (Å²) in [5.74, 6) is 0.865. The van der Waals surface area contributed by atoms with Gasteiger partial charge in [0, 0.05) is 48.2 Å². The van der Waals surface area contributed by atoms with Gasteiger partial charge in [-0.25, -0.2) is 9.97 Å². The van der Waals surface area contributed by atoms with Crippen molar-refractivity contribution in [3.05, 3.63) is 16.0 Å². The van der Waals surface area contributed by atoms with Crippen molar-refractivity contribution in [2.24, 2.45) is 0 Å². The van der Waals surface area contributed by atoms with Crippen LogP contribution in [0.4, 0.5) is 5.95 Å². The largest absolute Gasteiger partial charge is 0.338 e. The van der Waals surface area contributed by atoms with Gasteiger partial charge < -0.3 is 4.90 Å². The quantitative estimate of drug-likeness (QED) is 0.771. The van der Waals surface area contributed by atoms with Crippen LogP contribution in [-0.2, 0) is 0 Å². The predicted octanol–water partition coefficient (Wildman–Crippen LogP) is 1.61. The van der Waals surface area contributed by atoms with Gasteiger partial charge in [-0.1, -0.05) is 0 Å². The molecule has 0 saturated carbocycles. The number of hydrogen-bond donors (Lipinski definition) is 0. The van der Waals surface area contributed by atoms with Gasteiger partial charge in [0.05, 0.1) is 0 Å². The average Bonchev–Trinajstić information content (AvgIpc) is 2.30. The van der Waals surface area contributed by atoms with E-state index in [0.717, 1.165) is 35.7 Å². The Morgan fingerprint density at radius 2 is 1.69 bits per heavy atom. The molecule has 1 saturated heterocycles. The second-order valence-corrected chi connectivity index (χ2v) is 5.56. The molecular weight excluding hydrogens is 315 g/mol. The Morgan fingerprint density at radius 3 is 2.19 bits per heavy atom. The highest BCUT2D eigenvalue weighted by Crippen LogP contribution is 2.12. The molecule has 1 aliphatic rings. The first-order valence-electron chi connectivity index (χ1n) is 5.63. The molecule has 0 aromatic carbocycles. The van der Waals surface area contributed by atoms with Crippen molar-refractivity contribution in [1.82, 2.24) is 14.9 Å². The Bertz CT molecular complexity index is 330. The molecule has 16 heavy (non-hydrogen) atoms. The van der Waals surface area contributed by atoms with E-state index in [4.69, 9.17) is 0 Å². The minimum Gasteiger partial charge on any atom is -0.338 e. The lowest BCUT2D eigenvalue weighted by molar-refractivity contribution is 0.208. The molecule has 0 spiro atoms. The highest BCUT2D eigenvalue weighted by molar-refractivity contribution is 14.1. The van der Waals surface area contributed by atoms with Crippen molar-refractivity contribution in [3.63, 3.8) is 0 Å². The van der Waals surface area contributed by atoms with Crippen molar-refractivity contribution in [2.75, 3.05) is 31.1 Å². The molecule has 1 aliphatic heterocycles. The van der Waals surface area contributed by atoms with Crippen LogP contribution in [0.5, 0.6) is 0 Å². The predicted molar refractivity (Wildman–Crippen MR) is 73.7 cm³/mol. The van der Waals surface area contributed by atoms with Gasteiger partial charge >= 0.3 is 0 Å². The first kappa shape index (κ1) is 12.0. The van der Waals surface area contributed by atoms with Gasteiger partial charge in [0.25, 0.3) is 0 Å². The van der Waals surface area contributed by atoms with E-state index in [1.54, 1.807) is 0 Å². The topological polar surface area (TPSA) is 32.3 Å². The molecular formula is C11H17IN4. The summed E-state index contributed by atoms with van der Waals surface area (Å²) in [7, 11) is 0. The third-order valence-electron chi connectivity index (χ3n) is 2.93. The smallest absolute Gasteiger partial charge is 0.225 e. The van der Waals surface area contributed by atoms with Crippen molar-refractivity contribution in [2.45, 2.75) is 19.9 Å². The Kier molecular flexibility index (Phi) is 3.96. The van der Waals surface area contributed by atoms with E-state index >= 15 is 0 Å². The summed E-state index contributed by atoms with van der Waals surface area (Å²) in [6.45, 7) is 8.76. The molecule has 0 unspecified atom stereocenters. The molecule has 0 radical (unpaired) electrons. The van der Waals surface area contributed by atoms with E-state index < -0.39 is 0 Å². The summed E-state index contributed by atoms with van der Waals surface area (Å²) in [4.78, 5) is 13.5. The van der Waals surface area contributed by atoms with Crippen LogP contribution in [0.3, 0.4) is 0 Å². The van der Waals surface area contributed by atoms with Crippen molar-refractivity contribution < 1.29 is 0 Å². The highest BCUT2D eigenvalue weighted by atomic mass is 127. The monoisotopic (exact) mass is 332 g/mol. The summed E-state index contributed by atoms with van der Waals surface area (Å²) in [5.41, 5.74) is 0. The number of rotatable bonds is 2. The number of piperazine rings is 1. The van der Waals surface area contributed by atoms with Crippen molar-refractivity contribution >= 4 is 28.5 Å². The molecule has 1 fully saturated rings. The minimum absolute atomic E-state index is 0.639. The van der Waals surface area contributed by atoms with Crippen LogP contribution in [0.15, 0.2) is 12.4 Å². The normalized spacial score (nSPS) is 18.1. The zero-order valence-electron chi connectivity index (χ0n) is 9.73. The lowest BCUT2D eigenvalue weighted by atomic mass is 10.2. The van der Waals surface area contributed by atoms with Gasteiger partial charge in [-0.2, -0.15) is 0 Å². The van der Waals surface area contributed by atoms with Gasteiger partial charge in [0.2, 0.25) is 5.95 Å². The first-order valence-corrected chi connectivity index (χ1v) is 6.71. The summed E-state index contributed by atoms with van der Waals surface area (Å²) in [6, 6.07) is 0.639. The number of halogens is 1. The maximum Gasteiger partial charge on any atom is 0.225 e. The lowest BCUT2D eigenvalue weighted by Crippen LogP contribution is -2.49. The number of nitrogens with zero attached hydrogens (tertiary/aromatic N) is 4. The SMILES string of the molecule is CC(C)N1CCN(c2ncc(I)cn2)CC1. The minimum atomic E-state index is 0.639. The molecule has 4 nitrogen and oxygen atoms in total. The van der Waals surface area contributed by atoms with Crippen LogP contribution >= 0.6 is 22.6 Å². The summed E-state index contributed by atoms with van der Waals surface area (Å²) in [5, 5.41) is 0. The van der Waals surface area contributed by atoms with Crippen LogP contribution in [0, 0.1) is 3.57 Å². The summed E-state index contributed by atoms with van der Waals surface area (Å²) in [6.07, 6.45) is 3.75. The van der Waals surface area contributed by atoms with Gasteiger partial charge in [-0.05, 0) is 36.4 Å². The molecule has 0 N–H and O–H groups in total. The zero-order chi connectivity index (χ0) is 11.5. The van der Waals surface area contributed by atoms with Gasteiger partial charge in [-0.15, -0.1) is 0 Å². The molecule has 0 aliphatic carbocycles. The maximum absolute atomic E-state index is 4.36. The van der Waals surface area contributed by atoms with Crippen LogP contribution in [0.1, 0.15) is 13.8 Å². The fourth-order valence-electron chi connectivity index (χ4n) is 1.91. The van der Waals surface area contributed by atoms with Crippen LogP contribution in [0.2, 0.25) is 0 Å². The molecule has 2 heterocycles. The highest BCUT2D eigenvalue weighted by Gasteiger charge is 2.20. The second kappa shape index (κ2) is 5.27. The molecule has 0 bridgehead atoms. The molecule has 2 rings (SSSR count). The van der Waals surface area contributed by atoms with E-state index in [-0.39, 0.29) is 0 Å². The number of anilines is 1. The van der Waals surface area contributed by atoms with E-state index in [1.165, 1.54) is 0 Å². The number of hydrogen-bond acceptors (Lipinski definition) is 4. The van der Waals surface area contributed by atoms with Crippen LogP contribution < -0.4 is 4.90 Å². The summed E-state index contributed by atoms with van der Waals surface area (Å²) >= 11 is 2.23.